The van der Waals surface area contributed by atoms with E-state index in [0.717, 1.165) is 24.7 Å². The predicted octanol–water partition coefficient (Wildman–Crippen LogP) is 3.01. The Labute approximate surface area is 110 Å². The molecule has 1 amide bonds. The van der Waals surface area contributed by atoms with Gasteiger partial charge in [-0.15, -0.1) is 0 Å². The Morgan fingerprint density at radius 1 is 1.28 bits per heavy atom. The van der Waals surface area contributed by atoms with Gasteiger partial charge in [0.2, 0.25) is 5.91 Å². The third kappa shape index (κ3) is 3.04. The molecule has 2 rings (SSSR count). The zero-order chi connectivity index (χ0) is 13.0. The van der Waals surface area contributed by atoms with Crippen molar-refractivity contribution >= 4 is 5.91 Å². The topological polar surface area (TPSA) is 52.9 Å². The lowest BCUT2D eigenvalue weighted by Crippen LogP contribution is -2.41. The van der Waals surface area contributed by atoms with E-state index < -0.39 is 0 Å². The van der Waals surface area contributed by atoms with Gasteiger partial charge >= 0.3 is 0 Å². The number of carbonyl (C=O) groups excluding carboxylic acids is 1. The highest BCUT2D eigenvalue weighted by molar-refractivity contribution is 5.79. The van der Waals surface area contributed by atoms with Crippen LogP contribution in [-0.2, 0) is 4.79 Å². The summed E-state index contributed by atoms with van der Waals surface area (Å²) in [5.74, 6) is 1.92. The molecule has 0 aromatic rings. The number of hydrogen-bond donors (Lipinski definition) is 1. The molecular formula is C15H24N2O. The minimum atomic E-state index is -0.304. The number of hydrogen-bond acceptors (Lipinski definition) is 2. The van der Waals surface area contributed by atoms with Gasteiger partial charge < -0.3 is 5.32 Å². The van der Waals surface area contributed by atoms with Gasteiger partial charge in [0.05, 0.1) is 6.07 Å². The van der Waals surface area contributed by atoms with E-state index in [4.69, 9.17) is 5.26 Å². The van der Waals surface area contributed by atoms with Crippen molar-refractivity contribution in [1.82, 2.24) is 5.32 Å². The summed E-state index contributed by atoms with van der Waals surface area (Å²) in [6.45, 7) is 1.94. The lowest BCUT2D eigenvalue weighted by molar-refractivity contribution is -0.127. The Kier molecular flexibility index (Phi) is 4.63. The van der Waals surface area contributed by atoms with Crippen LogP contribution in [-0.4, -0.2) is 11.9 Å². The first-order valence-corrected chi connectivity index (χ1v) is 7.44. The average Bonchev–Trinajstić information content (AvgIpc) is 2.44. The standard InChI is InChI=1S/C15H24N2O/c1-2-14(10-16)17-15(18)13-8-7-11-5-3-4-6-12(11)9-13/h11-14H,2-9H2,1H3,(H,17,18). The summed E-state index contributed by atoms with van der Waals surface area (Å²) in [6, 6.07) is 1.84. The monoisotopic (exact) mass is 248 g/mol. The predicted molar refractivity (Wildman–Crippen MR) is 70.6 cm³/mol. The maximum Gasteiger partial charge on any atom is 0.224 e. The van der Waals surface area contributed by atoms with Gasteiger partial charge in [0.25, 0.3) is 0 Å². The fourth-order valence-electron chi connectivity index (χ4n) is 3.63. The van der Waals surface area contributed by atoms with Crippen molar-refractivity contribution in [2.45, 2.75) is 64.3 Å². The molecule has 18 heavy (non-hydrogen) atoms. The van der Waals surface area contributed by atoms with Crippen molar-refractivity contribution in [2.24, 2.45) is 17.8 Å². The number of fused-ring (bicyclic) bond motifs is 1. The quantitative estimate of drug-likeness (QED) is 0.834. The second-order valence-electron chi connectivity index (χ2n) is 5.91. The van der Waals surface area contributed by atoms with E-state index in [0.29, 0.717) is 6.42 Å². The summed E-state index contributed by atoms with van der Waals surface area (Å²) in [7, 11) is 0. The summed E-state index contributed by atoms with van der Waals surface area (Å²) < 4.78 is 0. The lowest BCUT2D eigenvalue weighted by atomic mass is 9.67. The first-order valence-electron chi connectivity index (χ1n) is 7.44. The van der Waals surface area contributed by atoms with Crippen LogP contribution in [0.1, 0.15) is 58.3 Å². The molecule has 0 aromatic heterocycles. The Hall–Kier alpha value is -1.04. The molecule has 0 saturated heterocycles. The molecule has 1 N–H and O–H groups in total. The summed E-state index contributed by atoms with van der Waals surface area (Å²) in [5.41, 5.74) is 0. The molecule has 0 aromatic carbocycles. The molecule has 0 spiro atoms. The molecule has 100 valence electrons. The SMILES string of the molecule is CCC(C#N)NC(=O)C1CCC2CCCCC2C1. The number of carbonyl (C=O) groups is 1. The van der Waals surface area contributed by atoms with Gasteiger partial charge in [-0.05, 0) is 37.5 Å². The Bertz CT molecular complexity index is 334. The zero-order valence-corrected chi connectivity index (χ0v) is 11.3. The molecule has 0 bridgehead atoms. The first kappa shape index (κ1) is 13.4. The smallest absolute Gasteiger partial charge is 0.224 e. The second kappa shape index (κ2) is 6.22. The number of nitriles is 1. The second-order valence-corrected chi connectivity index (χ2v) is 5.91. The van der Waals surface area contributed by atoms with Crippen LogP contribution in [0, 0.1) is 29.1 Å². The molecule has 3 nitrogen and oxygen atoms in total. The first-order chi connectivity index (χ1) is 8.74. The normalized spacial score (nSPS) is 33.0. The van der Waals surface area contributed by atoms with Crippen molar-refractivity contribution in [3.8, 4) is 6.07 Å². The third-order valence-electron chi connectivity index (χ3n) is 4.79. The van der Waals surface area contributed by atoms with Gasteiger partial charge in [-0.1, -0.05) is 32.6 Å². The van der Waals surface area contributed by atoms with Gasteiger partial charge in [0, 0.05) is 5.92 Å². The molecule has 3 heteroatoms. The fourth-order valence-corrected chi connectivity index (χ4v) is 3.63. The van der Waals surface area contributed by atoms with Crippen LogP contribution in [0.3, 0.4) is 0 Å². The van der Waals surface area contributed by atoms with E-state index in [1.807, 2.05) is 6.92 Å². The molecule has 0 aliphatic heterocycles. The highest BCUT2D eigenvalue weighted by Crippen LogP contribution is 2.42. The van der Waals surface area contributed by atoms with E-state index in [1.165, 1.54) is 32.1 Å². The number of nitrogens with zero attached hydrogens (tertiary/aromatic N) is 1. The lowest BCUT2D eigenvalue weighted by Gasteiger charge is -2.38. The molecule has 4 unspecified atom stereocenters. The molecule has 2 aliphatic rings. The zero-order valence-electron chi connectivity index (χ0n) is 11.3. The molecule has 0 radical (unpaired) electrons. The highest BCUT2D eigenvalue weighted by atomic mass is 16.1. The van der Waals surface area contributed by atoms with E-state index in [9.17, 15) is 4.79 Å². The summed E-state index contributed by atoms with van der Waals surface area (Å²) in [4.78, 5) is 12.1. The van der Waals surface area contributed by atoms with E-state index >= 15 is 0 Å². The van der Waals surface area contributed by atoms with Gasteiger partial charge in [-0.2, -0.15) is 5.26 Å². The minimum Gasteiger partial charge on any atom is -0.340 e. The van der Waals surface area contributed by atoms with Gasteiger partial charge in [0.1, 0.15) is 6.04 Å². The largest absolute Gasteiger partial charge is 0.340 e. The Morgan fingerprint density at radius 3 is 2.67 bits per heavy atom. The molecule has 2 saturated carbocycles. The van der Waals surface area contributed by atoms with Crippen molar-refractivity contribution in [2.75, 3.05) is 0 Å². The number of rotatable bonds is 3. The maximum atomic E-state index is 12.1. The molecule has 2 fully saturated rings. The number of nitrogens with one attached hydrogen (secondary N) is 1. The van der Waals surface area contributed by atoms with Crippen LogP contribution in [0.25, 0.3) is 0 Å². The fraction of sp³-hybridized carbons (Fsp3) is 0.867. The van der Waals surface area contributed by atoms with Crippen molar-refractivity contribution < 1.29 is 4.79 Å². The van der Waals surface area contributed by atoms with Crippen molar-refractivity contribution in [3.05, 3.63) is 0 Å². The number of amides is 1. The van der Waals surface area contributed by atoms with Crippen molar-refractivity contribution in [1.29, 1.82) is 5.26 Å². The van der Waals surface area contributed by atoms with Gasteiger partial charge in [-0.25, -0.2) is 0 Å². The van der Waals surface area contributed by atoms with Gasteiger partial charge in [-0.3, -0.25) is 4.79 Å². The van der Waals surface area contributed by atoms with E-state index in [2.05, 4.69) is 11.4 Å². The summed E-state index contributed by atoms with van der Waals surface area (Å²) in [6.07, 6.45) is 9.38. The molecule has 2 aliphatic carbocycles. The third-order valence-corrected chi connectivity index (χ3v) is 4.79. The molecule has 0 heterocycles. The summed E-state index contributed by atoms with van der Waals surface area (Å²) >= 11 is 0. The molecular weight excluding hydrogens is 224 g/mol. The summed E-state index contributed by atoms with van der Waals surface area (Å²) in [5, 5.41) is 11.8. The van der Waals surface area contributed by atoms with Crippen LogP contribution < -0.4 is 5.32 Å². The van der Waals surface area contributed by atoms with Crippen LogP contribution in [0.2, 0.25) is 0 Å². The van der Waals surface area contributed by atoms with Crippen LogP contribution in [0.15, 0.2) is 0 Å². The average molecular weight is 248 g/mol. The van der Waals surface area contributed by atoms with E-state index in [1.54, 1.807) is 0 Å². The minimum absolute atomic E-state index is 0.118. The highest BCUT2D eigenvalue weighted by Gasteiger charge is 2.35. The Morgan fingerprint density at radius 2 is 2.00 bits per heavy atom. The van der Waals surface area contributed by atoms with Gasteiger partial charge in [0.15, 0.2) is 0 Å². The van der Waals surface area contributed by atoms with Crippen LogP contribution in [0.5, 0.6) is 0 Å². The van der Waals surface area contributed by atoms with Crippen LogP contribution >= 0.6 is 0 Å². The maximum absolute atomic E-state index is 12.1. The van der Waals surface area contributed by atoms with Crippen molar-refractivity contribution in [3.63, 3.8) is 0 Å². The van der Waals surface area contributed by atoms with E-state index in [-0.39, 0.29) is 17.9 Å². The molecule has 4 atom stereocenters. The van der Waals surface area contributed by atoms with Crippen LogP contribution in [0.4, 0.5) is 0 Å². The Balaban J connectivity index is 1.86.